The fourth-order valence-electron chi connectivity index (χ4n) is 3.55. The summed E-state index contributed by atoms with van der Waals surface area (Å²) < 4.78 is 51.7. The Morgan fingerprint density at radius 2 is 1.65 bits per heavy atom. The standard InChI is InChI=1S/C22H27FN2O5S/c1-29-20-10-8-17(31(27,28)25-11-5-3-4-6-12-25)14-18(20)22(26)24-15-16-7-9-21(30-2)19(23)13-16/h7-10,13-14H,3-6,11-12,15H2,1-2H3,(H,24,26). The third-order valence-corrected chi connectivity index (χ3v) is 7.18. The van der Waals surface area contributed by atoms with E-state index in [9.17, 15) is 17.6 Å². The molecule has 9 heteroatoms. The number of rotatable bonds is 7. The number of nitrogens with zero attached hydrogens (tertiary/aromatic N) is 1. The van der Waals surface area contributed by atoms with Gasteiger partial charge in [-0.05, 0) is 48.7 Å². The van der Waals surface area contributed by atoms with Gasteiger partial charge in [0.2, 0.25) is 10.0 Å². The number of hydrogen-bond donors (Lipinski definition) is 1. The lowest BCUT2D eigenvalue weighted by Gasteiger charge is -2.20. The molecule has 0 aromatic heterocycles. The Labute approximate surface area is 182 Å². The summed E-state index contributed by atoms with van der Waals surface area (Å²) >= 11 is 0. The zero-order valence-electron chi connectivity index (χ0n) is 17.7. The van der Waals surface area contributed by atoms with E-state index in [-0.39, 0.29) is 28.5 Å². The summed E-state index contributed by atoms with van der Waals surface area (Å²) in [6.45, 7) is 1.00. The number of ether oxygens (including phenoxy) is 2. The van der Waals surface area contributed by atoms with Crippen LogP contribution in [-0.2, 0) is 16.6 Å². The quantitative estimate of drug-likeness (QED) is 0.699. The molecule has 1 aliphatic heterocycles. The predicted octanol–water partition coefficient (Wildman–Crippen LogP) is 3.34. The second-order valence-electron chi connectivity index (χ2n) is 7.33. The Balaban J connectivity index is 1.81. The summed E-state index contributed by atoms with van der Waals surface area (Å²) in [6, 6.07) is 8.66. The van der Waals surface area contributed by atoms with Gasteiger partial charge in [-0.15, -0.1) is 0 Å². The molecule has 168 valence electrons. The van der Waals surface area contributed by atoms with Crippen LogP contribution in [0.25, 0.3) is 0 Å². The molecule has 7 nitrogen and oxygen atoms in total. The van der Waals surface area contributed by atoms with Crippen LogP contribution in [-0.4, -0.2) is 45.9 Å². The van der Waals surface area contributed by atoms with E-state index >= 15 is 0 Å². The van der Waals surface area contributed by atoms with Gasteiger partial charge in [-0.3, -0.25) is 4.79 Å². The first-order valence-corrected chi connectivity index (χ1v) is 11.6. The first kappa shape index (κ1) is 23.0. The average Bonchev–Trinajstić information content (AvgIpc) is 3.07. The van der Waals surface area contributed by atoms with Gasteiger partial charge in [0.25, 0.3) is 5.91 Å². The van der Waals surface area contributed by atoms with Crippen molar-refractivity contribution in [3.63, 3.8) is 0 Å². The first-order valence-electron chi connectivity index (χ1n) is 10.2. The highest BCUT2D eigenvalue weighted by molar-refractivity contribution is 7.89. The van der Waals surface area contributed by atoms with Gasteiger partial charge in [-0.2, -0.15) is 4.31 Å². The molecule has 0 saturated carbocycles. The smallest absolute Gasteiger partial charge is 0.255 e. The molecule has 1 saturated heterocycles. The zero-order chi connectivity index (χ0) is 22.4. The summed E-state index contributed by atoms with van der Waals surface area (Å²) in [5, 5.41) is 2.69. The first-order chi connectivity index (χ1) is 14.9. The van der Waals surface area contributed by atoms with Crippen LogP contribution in [0.15, 0.2) is 41.3 Å². The number of nitrogens with one attached hydrogen (secondary N) is 1. The van der Waals surface area contributed by atoms with Crippen molar-refractivity contribution in [2.75, 3.05) is 27.3 Å². The van der Waals surface area contributed by atoms with Crippen molar-refractivity contribution in [1.82, 2.24) is 9.62 Å². The molecule has 2 aromatic rings. The molecule has 1 N–H and O–H groups in total. The molecule has 3 rings (SSSR count). The van der Waals surface area contributed by atoms with Crippen LogP contribution >= 0.6 is 0 Å². The normalized spacial score (nSPS) is 15.2. The maximum Gasteiger partial charge on any atom is 0.255 e. The van der Waals surface area contributed by atoms with Crippen LogP contribution in [0.3, 0.4) is 0 Å². The molecule has 1 heterocycles. The van der Waals surface area contributed by atoms with Gasteiger partial charge in [0.1, 0.15) is 5.75 Å². The molecular weight excluding hydrogens is 423 g/mol. The van der Waals surface area contributed by atoms with Crippen LogP contribution in [0.1, 0.15) is 41.6 Å². The van der Waals surface area contributed by atoms with Gasteiger partial charge < -0.3 is 14.8 Å². The Bertz CT molecular complexity index is 1030. The Morgan fingerprint density at radius 1 is 1.00 bits per heavy atom. The molecule has 0 aliphatic carbocycles. The zero-order valence-corrected chi connectivity index (χ0v) is 18.5. The summed E-state index contributed by atoms with van der Waals surface area (Å²) in [7, 11) is -0.928. The van der Waals surface area contributed by atoms with Gasteiger partial charge >= 0.3 is 0 Å². The van der Waals surface area contributed by atoms with Crippen molar-refractivity contribution in [3.05, 3.63) is 53.3 Å². The Kier molecular flexibility index (Phi) is 7.50. The number of methoxy groups -OCH3 is 2. The largest absolute Gasteiger partial charge is 0.496 e. The molecular formula is C22H27FN2O5S. The fraction of sp³-hybridized carbons (Fsp3) is 0.409. The summed E-state index contributed by atoms with van der Waals surface area (Å²) in [6.07, 6.45) is 3.66. The van der Waals surface area contributed by atoms with E-state index in [2.05, 4.69) is 5.32 Å². The average molecular weight is 451 g/mol. The lowest BCUT2D eigenvalue weighted by atomic mass is 10.1. The van der Waals surface area contributed by atoms with Crippen molar-refractivity contribution in [3.8, 4) is 11.5 Å². The third kappa shape index (κ3) is 5.34. The number of carbonyl (C=O) groups excluding carboxylic acids is 1. The molecule has 0 radical (unpaired) electrons. The van der Waals surface area contributed by atoms with Crippen LogP contribution in [0, 0.1) is 5.82 Å². The maximum absolute atomic E-state index is 13.9. The highest BCUT2D eigenvalue weighted by Gasteiger charge is 2.27. The minimum atomic E-state index is -3.71. The lowest BCUT2D eigenvalue weighted by Crippen LogP contribution is -2.32. The fourth-order valence-corrected chi connectivity index (χ4v) is 5.10. The van der Waals surface area contributed by atoms with Crippen LogP contribution in [0.2, 0.25) is 0 Å². The van der Waals surface area contributed by atoms with Gasteiger partial charge in [0.15, 0.2) is 11.6 Å². The van der Waals surface area contributed by atoms with Gasteiger partial charge in [0.05, 0.1) is 24.7 Å². The molecule has 2 aromatic carbocycles. The molecule has 1 fully saturated rings. The van der Waals surface area contributed by atoms with Crippen LogP contribution in [0.4, 0.5) is 4.39 Å². The monoisotopic (exact) mass is 450 g/mol. The highest BCUT2D eigenvalue weighted by Crippen LogP contribution is 2.26. The third-order valence-electron chi connectivity index (χ3n) is 5.29. The Hall–Kier alpha value is -2.65. The predicted molar refractivity (Wildman–Crippen MR) is 114 cm³/mol. The highest BCUT2D eigenvalue weighted by atomic mass is 32.2. The van der Waals surface area contributed by atoms with E-state index in [0.29, 0.717) is 18.7 Å². The second-order valence-corrected chi connectivity index (χ2v) is 9.27. The van der Waals surface area contributed by atoms with E-state index in [4.69, 9.17) is 9.47 Å². The van der Waals surface area contributed by atoms with E-state index in [1.807, 2.05) is 0 Å². The number of benzene rings is 2. The van der Waals surface area contributed by atoms with Crippen LogP contribution < -0.4 is 14.8 Å². The summed E-state index contributed by atoms with van der Waals surface area (Å²) in [5.41, 5.74) is 0.645. The lowest BCUT2D eigenvalue weighted by molar-refractivity contribution is 0.0947. The number of amides is 1. The van der Waals surface area contributed by atoms with Crippen molar-refractivity contribution in [2.45, 2.75) is 37.1 Å². The molecule has 1 aliphatic rings. The minimum absolute atomic E-state index is 0.0517. The van der Waals surface area contributed by atoms with Gasteiger partial charge in [-0.25, -0.2) is 12.8 Å². The van der Waals surface area contributed by atoms with E-state index in [1.54, 1.807) is 6.07 Å². The number of sulfonamides is 1. The molecule has 0 unspecified atom stereocenters. The molecule has 1 amide bonds. The van der Waals surface area contributed by atoms with Crippen molar-refractivity contribution < 1.29 is 27.1 Å². The molecule has 31 heavy (non-hydrogen) atoms. The maximum atomic E-state index is 13.9. The minimum Gasteiger partial charge on any atom is -0.496 e. The summed E-state index contributed by atoms with van der Waals surface area (Å²) in [4.78, 5) is 12.8. The Morgan fingerprint density at radius 3 is 2.26 bits per heavy atom. The molecule has 0 spiro atoms. The topological polar surface area (TPSA) is 84.9 Å². The molecule has 0 atom stereocenters. The summed E-state index contributed by atoms with van der Waals surface area (Å²) in [5.74, 6) is -0.672. The van der Waals surface area contributed by atoms with Gasteiger partial charge in [0, 0.05) is 19.6 Å². The van der Waals surface area contributed by atoms with Crippen LogP contribution in [0.5, 0.6) is 11.5 Å². The van der Waals surface area contributed by atoms with E-state index < -0.39 is 21.7 Å². The second kappa shape index (κ2) is 10.1. The number of hydrogen-bond acceptors (Lipinski definition) is 5. The number of carbonyl (C=O) groups is 1. The van der Waals surface area contributed by atoms with Crippen molar-refractivity contribution in [2.24, 2.45) is 0 Å². The van der Waals surface area contributed by atoms with E-state index in [1.165, 1.54) is 48.9 Å². The molecule has 0 bridgehead atoms. The SMILES string of the molecule is COc1ccc(CNC(=O)c2cc(S(=O)(=O)N3CCCCCC3)ccc2OC)cc1F. The van der Waals surface area contributed by atoms with Crippen molar-refractivity contribution >= 4 is 15.9 Å². The van der Waals surface area contributed by atoms with Crippen molar-refractivity contribution in [1.29, 1.82) is 0 Å². The van der Waals surface area contributed by atoms with Gasteiger partial charge in [-0.1, -0.05) is 18.9 Å². The number of halogens is 1. The van der Waals surface area contributed by atoms with E-state index in [0.717, 1.165) is 25.7 Å².